The highest BCUT2D eigenvalue weighted by Gasteiger charge is 2.24. The summed E-state index contributed by atoms with van der Waals surface area (Å²) in [4.78, 5) is 1.02. The molecule has 2 heterocycles. The van der Waals surface area contributed by atoms with E-state index in [9.17, 15) is 8.42 Å². The highest BCUT2D eigenvalue weighted by atomic mass is 32.2. The number of nitrogens with one attached hydrogen (secondary N) is 1. The summed E-state index contributed by atoms with van der Waals surface area (Å²) in [6.07, 6.45) is 1.61. The maximum Gasteiger partial charge on any atom is 0.244 e. The molecule has 1 N–H and O–H groups in total. The molecule has 148 valence electrons. The smallest absolute Gasteiger partial charge is 0.244 e. The monoisotopic (exact) mass is 423 g/mol. The van der Waals surface area contributed by atoms with E-state index in [2.05, 4.69) is 9.82 Å². The number of hydrogen-bond donors (Lipinski definition) is 1. The molecule has 0 saturated carbocycles. The van der Waals surface area contributed by atoms with Gasteiger partial charge < -0.3 is 0 Å². The largest absolute Gasteiger partial charge is 0.266 e. The Morgan fingerprint density at radius 3 is 2.41 bits per heavy atom. The van der Waals surface area contributed by atoms with Crippen molar-refractivity contribution in [2.45, 2.75) is 24.9 Å². The first kappa shape index (κ1) is 19.6. The average molecular weight is 424 g/mol. The Labute approximate surface area is 174 Å². The van der Waals surface area contributed by atoms with Crippen LogP contribution in [0.3, 0.4) is 0 Å². The summed E-state index contributed by atoms with van der Waals surface area (Å²) in [5.41, 5.74) is 3.59. The molecule has 0 unspecified atom stereocenters. The second-order valence-electron chi connectivity index (χ2n) is 6.81. The van der Waals surface area contributed by atoms with Gasteiger partial charge in [0, 0.05) is 12.7 Å². The molecule has 29 heavy (non-hydrogen) atoms. The number of aromatic nitrogens is 2. The molecule has 7 heteroatoms. The van der Waals surface area contributed by atoms with Gasteiger partial charge in [-0.25, -0.2) is 13.1 Å². The zero-order chi connectivity index (χ0) is 20.3. The molecule has 0 aliphatic carbocycles. The number of aryl methyl sites for hydroxylation is 1. The van der Waals surface area contributed by atoms with Crippen molar-refractivity contribution >= 4 is 21.4 Å². The van der Waals surface area contributed by atoms with Crippen LogP contribution in [-0.2, 0) is 23.1 Å². The minimum absolute atomic E-state index is 0.197. The molecule has 2 aromatic heterocycles. The molecule has 0 saturated heterocycles. The van der Waals surface area contributed by atoms with Gasteiger partial charge in [-0.05, 0) is 29.5 Å². The molecule has 0 amide bonds. The molecule has 4 rings (SSSR count). The van der Waals surface area contributed by atoms with Gasteiger partial charge in [0.1, 0.15) is 10.6 Å². The number of thiophene rings is 1. The van der Waals surface area contributed by atoms with Crippen LogP contribution in [-0.4, -0.2) is 18.2 Å². The summed E-state index contributed by atoms with van der Waals surface area (Å²) in [5.74, 6) is 0. The van der Waals surface area contributed by atoms with Crippen molar-refractivity contribution in [1.29, 1.82) is 0 Å². The van der Waals surface area contributed by atoms with E-state index in [0.717, 1.165) is 21.6 Å². The highest BCUT2D eigenvalue weighted by Crippen LogP contribution is 2.30. The quantitative estimate of drug-likeness (QED) is 0.478. The van der Waals surface area contributed by atoms with Crippen LogP contribution in [0, 0.1) is 6.92 Å². The van der Waals surface area contributed by atoms with Gasteiger partial charge in [-0.3, -0.25) is 4.68 Å². The minimum atomic E-state index is -3.72. The Morgan fingerprint density at radius 2 is 1.72 bits per heavy atom. The Morgan fingerprint density at radius 1 is 0.966 bits per heavy atom. The topological polar surface area (TPSA) is 64.0 Å². The molecule has 0 aliphatic heterocycles. The predicted octanol–water partition coefficient (Wildman–Crippen LogP) is 4.45. The van der Waals surface area contributed by atoms with E-state index in [-0.39, 0.29) is 11.4 Å². The lowest BCUT2D eigenvalue weighted by atomic mass is 10.2. The molecule has 0 fully saturated rings. The summed E-state index contributed by atoms with van der Waals surface area (Å²) >= 11 is 1.47. The summed E-state index contributed by atoms with van der Waals surface area (Å²) in [6, 6.07) is 21.4. The number of nitrogens with zero attached hydrogens (tertiary/aromatic N) is 2. The molecule has 0 spiro atoms. The van der Waals surface area contributed by atoms with Crippen LogP contribution in [0.25, 0.3) is 10.6 Å². The molecule has 0 aliphatic rings. The number of rotatable bonds is 7. The lowest BCUT2D eigenvalue weighted by molar-refractivity contribution is 0.581. The molecule has 0 bridgehead atoms. The zero-order valence-electron chi connectivity index (χ0n) is 15.9. The van der Waals surface area contributed by atoms with Gasteiger partial charge in [-0.15, -0.1) is 11.3 Å². The maximum absolute atomic E-state index is 13.1. The molecule has 4 aromatic rings. The zero-order valence-corrected chi connectivity index (χ0v) is 17.6. The van der Waals surface area contributed by atoms with Crippen LogP contribution in [0.15, 0.2) is 83.2 Å². The second-order valence-corrected chi connectivity index (χ2v) is 9.50. The lowest BCUT2D eigenvalue weighted by Crippen LogP contribution is -2.23. The van der Waals surface area contributed by atoms with E-state index in [0.29, 0.717) is 12.2 Å². The van der Waals surface area contributed by atoms with Gasteiger partial charge in [0.25, 0.3) is 0 Å². The first-order valence-corrected chi connectivity index (χ1v) is 11.6. The fourth-order valence-corrected chi connectivity index (χ4v) is 4.96. The van der Waals surface area contributed by atoms with Gasteiger partial charge in [0.2, 0.25) is 10.0 Å². The van der Waals surface area contributed by atoms with Crippen molar-refractivity contribution in [2.75, 3.05) is 0 Å². The summed E-state index contributed by atoms with van der Waals surface area (Å²) < 4.78 is 30.6. The fourth-order valence-electron chi connectivity index (χ4n) is 3.00. The second kappa shape index (κ2) is 8.32. The van der Waals surface area contributed by atoms with E-state index in [1.54, 1.807) is 10.9 Å². The number of sulfonamides is 1. The third kappa shape index (κ3) is 4.64. The molecular formula is C22H21N3O2S2. The SMILES string of the molecule is Cc1ccc(CNS(=O)(=O)c2cn(Cc3ccccc3)nc2-c2cccs2)cc1. The average Bonchev–Trinajstić information content (AvgIpc) is 3.38. The summed E-state index contributed by atoms with van der Waals surface area (Å²) in [7, 11) is -3.72. The van der Waals surface area contributed by atoms with Gasteiger partial charge in [0.15, 0.2) is 0 Å². The van der Waals surface area contributed by atoms with E-state index in [1.165, 1.54) is 11.3 Å². The lowest BCUT2D eigenvalue weighted by Gasteiger charge is -2.07. The van der Waals surface area contributed by atoms with Crippen LogP contribution in [0.1, 0.15) is 16.7 Å². The normalized spacial score (nSPS) is 11.6. The number of benzene rings is 2. The van der Waals surface area contributed by atoms with Crippen molar-refractivity contribution in [3.63, 3.8) is 0 Å². The molecule has 5 nitrogen and oxygen atoms in total. The van der Waals surface area contributed by atoms with Crippen LogP contribution >= 0.6 is 11.3 Å². The molecule has 2 aromatic carbocycles. The van der Waals surface area contributed by atoms with Crippen molar-refractivity contribution < 1.29 is 8.42 Å². The summed E-state index contributed by atoms with van der Waals surface area (Å²) in [5, 5.41) is 6.51. The van der Waals surface area contributed by atoms with E-state index >= 15 is 0 Å². The predicted molar refractivity (Wildman–Crippen MR) is 116 cm³/mol. The Bertz CT molecular complexity index is 1180. The third-order valence-electron chi connectivity index (χ3n) is 4.55. The van der Waals surface area contributed by atoms with Crippen molar-refractivity contribution in [3.8, 4) is 10.6 Å². The van der Waals surface area contributed by atoms with Crippen molar-refractivity contribution in [2.24, 2.45) is 0 Å². The minimum Gasteiger partial charge on any atom is -0.266 e. The van der Waals surface area contributed by atoms with Crippen LogP contribution in [0.5, 0.6) is 0 Å². The number of hydrogen-bond acceptors (Lipinski definition) is 4. The highest BCUT2D eigenvalue weighted by molar-refractivity contribution is 7.89. The molecular weight excluding hydrogens is 402 g/mol. The third-order valence-corrected chi connectivity index (χ3v) is 6.83. The van der Waals surface area contributed by atoms with Crippen molar-refractivity contribution in [3.05, 3.63) is 95.0 Å². The first-order valence-electron chi connectivity index (χ1n) is 9.22. The first-order chi connectivity index (χ1) is 14.0. The molecule has 0 radical (unpaired) electrons. The van der Waals surface area contributed by atoms with Crippen molar-refractivity contribution in [1.82, 2.24) is 14.5 Å². The van der Waals surface area contributed by atoms with Crippen LogP contribution in [0.2, 0.25) is 0 Å². The van der Waals surface area contributed by atoms with E-state index in [4.69, 9.17) is 0 Å². The van der Waals surface area contributed by atoms with E-state index < -0.39 is 10.0 Å². The standard InChI is InChI=1S/C22H21N3O2S2/c1-17-9-11-18(12-10-17)14-23-29(26,27)21-16-25(15-19-6-3-2-4-7-19)24-22(21)20-8-5-13-28-20/h2-13,16,23H,14-15H2,1H3. The maximum atomic E-state index is 13.1. The Kier molecular flexibility index (Phi) is 5.62. The van der Waals surface area contributed by atoms with Gasteiger partial charge in [0.05, 0.1) is 11.4 Å². The van der Waals surface area contributed by atoms with Crippen LogP contribution in [0.4, 0.5) is 0 Å². The fraction of sp³-hybridized carbons (Fsp3) is 0.136. The van der Waals surface area contributed by atoms with Crippen LogP contribution < -0.4 is 4.72 Å². The van der Waals surface area contributed by atoms with Gasteiger partial charge in [-0.1, -0.05) is 66.2 Å². The Hall–Kier alpha value is -2.74. The van der Waals surface area contributed by atoms with E-state index in [1.807, 2.05) is 79.0 Å². The van der Waals surface area contributed by atoms with Gasteiger partial charge >= 0.3 is 0 Å². The van der Waals surface area contributed by atoms with Gasteiger partial charge in [-0.2, -0.15) is 5.10 Å². The Balaban J connectivity index is 1.64. The summed E-state index contributed by atoms with van der Waals surface area (Å²) in [6.45, 7) is 2.74. The molecule has 0 atom stereocenters.